The van der Waals surface area contributed by atoms with Gasteiger partial charge in [0.2, 0.25) is 0 Å². The first-order valence-corrected chi connectivity index (χ1v) is 4.36. The van der Waals surface area contributed by atoms with E-state index >= 15 is 0 Å². The molecule has 1 aromatic rings. The van der Waals surface area contributed by atoms with Crippen LogP contribution in [0.25, 0.3) is 0 Å². The molecular weight excluding hydrogens is 198 g/mol. The van der Waals surface area contributed by atoms with E-state index in [0.29, 0.717) is 5.69 Å². The molecule has 5 nitrogen and oxygen atoms in total. The Balaban J connectivity index is 2.94. The summed E-state index contributed by atoms with van der Waals surface area (Å²) >= 11 is 0. The van der Waals surface area contributed by atoms with Crippen molar-refractivity contribution in [2.24, 2.45) is 0 Å². The van der Waals surface area contributed by atoms with Crippen molar-refractivity contribution in [2.45, 2.75) is 19.4 Å². The monoisotopic (exact) mass is 211 g/mol. The van der Waals surface area contributed by atoms with Gasteiger partial charge >= 0.3 is 5.97 Å². The molecule has 4 N–H and O–H groups in total. The fraction of sp³-hybridized carbons (Fsp3) is 0.300. The molecule has 0 saturated carbocycles. The molecule has 82 valence electrons. The Morgan fingerprint density at radius 2 is 1.67 bits per heavy atom. The standard InChI is InChI=1S/C10H13NO4/c1-10(2,9(14)15)11-6-3-7(12)5-8(13)4-6/h3-5,11-13H,1-2H3,(H,14,15). The Morgan fingerprint density at radius 3 is 2.07 bits per heavy atom. The Kier molecular flexibility index (Phi) is 2.74. The molecule has 0 heterocycles. The van der Waals surface area contributed by atoms with Crippen molar-refractivity contribution >= 4 is 11.7 Å². The molecule has 0 spiro atoms. The highest BCUT2D eigenvalue weighted by molar-refractivity contribution is 5.81. The fourth-order valence-corrected chi connectivity index (χ4v) is 1.08. The van der Waals surface area contributed by atoms with Gasteiger partial charge in [-0.2, -0.15) is 0 Å². The van der Waals surface area contributed by atoms with Gasteiger partial charge in [0, 0.05) is 23.9 Å². The molecule has 0 atom stereocenters. The number of anilines is 1. The number of hydrogen-bond acceptors (Lipinski definition) is 4. The minimum atomic E-state index is -1.17. The van der Waals surface area contributed by atoms with Crippen LogP contribution in [0.3, 0.4) is 0 Å². The first kappa shape index (κ1) is 11.2. The summed E-state index contributed by atoms with van der Waals surface area (Å²) in [4.78, 5) is 10.8. The molecule has 1 aromatic carbocycles. The predicted molar refractivity (Wildman–Crippen MR) is 55.1 cm³/mol. The number of phenolic OH excluding ortho intramolecular Hbond substituents is 2. The third-order valence-electron chi connectivity index (χ3n) is 1.89. The number of aromatic hydroxyl groups is 2. The zero-order valence-corrected chi connectivity index (χ0v) is 8.48. The van der Waals surface area contributed by atoms with Gasteiger partial charge in [-0.25, -0.2) is 4.79 Å². The summed E-state index contributed by atoms with van der Waals surface area (Å²) < 4.78 is 0. The number of nitrogens with one attached hydrogen (secondary N) is 1. The van der Waals surface area contributed by atoms with Crippen molar-refractivity contribution in [3.63, 3.8) is 0 Å². The van der Waals surface area contributed by atoms with Gasteiger partial charge in [0.25, 0.3) is 0 Å². The quantitative estimate of drug-likeness (QED) is 0.606. The van der Waals surface area contributed by atoms with E-state index in [1.54, 1.807) is 0 Å². The van der Waals surface area contributed by atoms with Crippen molar-refractivity contribution < 1.29 is 20.1 Å². The van der Waals surface area contributed by atoms with Crippen LogP contribution in [0, 0.1) is 0 Å². The number of carbonyl (C=O) groups is 1. The normalized spacial score (nSPS) is 11.1. The van der Waals surface area contributed by atoms with Crippen LogP contribution < -0.4 is 5.32 Å². The average molecular weight is 211 g/mol. The largest absolute Gasteiger partial charge is 0.508 e. The lowest BCUT2D eigenvalue weighted by atomic mass is 10.1. The third-order valence-corrected chi connectivity index (χ3v) is 1.89. The molecule has 0 fully saturated rings. The van der Waals surface area contributed by atoms with Gasteiger partial charge in [0.1, 0.15) is 17.0 Å². The Bertz CT molecular complexity index is 367. The number of benzene rings is 1. The van der Waals surface area contributed by atoms with Crippen LogP contribution >= 0.6 is 0 Å². The summed E-state index contributed by atoms with van der Waals surface area (Å²) in [6.45, 7) is 2.97. The molecule has 0 aliphatic carbocycles. The van der Waals surface area contributed by atoms with E-state index < -0.39 is 11.5 Å². The topological polar surface area (TPSA) is 89.8 Å². The zero-order chi connectivity index (χ0) is 11.6. The van der Waals surface area contributed by atoms with Crippen LogP contribution in [0.15, 0.2) is 18.2 Å². The molecule has 0 bridgehead atoms. The van der Waals surface area contributed by atoms with Gasteiger partial charge in [-0.05, 0) is 13.8 Å². The van der Waals surface area contributed by atoms with Crippen LogP contribution in [0.1, 0.15) is 13.8 Å². The van der Waals surface area contributed by atoms with Crippen molar-refractivity contribution in [3.05, 3.63) is 18.2 Å². The molecule has 5 heteroatoms. The zero-order valence-electron chi connectivity index (χ0n) is 8.48. The summed E-state index contributed by atoms with van der Waals surface area (Å²) in [5.74, 6) is -1.28. The summed E-state index contributed by atoms with van der Waals surface area (Å²) in [6, 6.07) is 3.84. The van der Waals surface area contributed by atoms with Crippen LogP contribution in [0.4, 0.5) is 5.69 Å². The Hall–Kier alpha value is -1.91. The second-order valence-electron chi connectivity index (χ2n) is 3.79. The predicted octanol–water partition coefficient (Wildman–Crippen LogP) is 1.37. The lowest BCUT2D eigenvalue weighted by Crippen LogP contribution is -2.39. The van der Waals surface area contributed by atoms with Crippen LogP contribution in [0.5, 0.6) is 11.5 Å². The van der Waals surface area contributed by atoms with Gasteiger partial charge in [-0.1, -0.05) is 0 Å². The number of hydrogen-bond donors (Lipinski definition) is 4. The highest BCUT2D eigenvalue weighted by Gasteiger charge is 2.26. The first-order valence-electron chi connectivity index (χ1n) is 4.36. The second kappa shape index (κ2) is 3.68. The smallest absolute Gasteiger partial charge is 0.328 e. The van der Waals surface area contributed by atoms with Crippen LogP contribution in [0.2, 0.25) is 0 Å². The minimum absolute atomic E-state index is 0.126. The SMILES string of the molecule is CC(C)(Nc1cc(O)cc(O)c1)C(=O)O. The average Bonchev–Trinajstić information content (AvgIpc) is 1.99. The molecule has 1 rings (SSSR count). The van der Waals surface area contributed by atoms with E-state index in [1.165, 1.54) is 32.0 Å². The molecule has 0 aliphatic rings. The molecule has 0 aromatic heterocycles. The van der Waals surface area contributed by atoms with Crippen molar-refractivity contribution in [3.8, 4) is 11.5 Å². The second-order valence-corrected chi connectivity index (χ2v) is 3.79. The van der Waals surface area contributed by atoms with Crippen LogP contribution in [-0.4, -0.2) is 26.8 Å². The van der Waals surface area contributed by atoms with Gasteiger partial charge in [-0.15, -0.1) is 0 Å². The van der Waals surface area contributed by atoms with E-state index in [-0.39, 0.29) is 11.5 Å². The molecule has 0 aliphatic heterocycles. The minimum Gasteiger partial charge on any atom is -0.508 e. The molecule has 15 heavy (non-hydrogen) atoms. The number of rotatable bonds is 3. The fourth-order valence-electron chi connectivity index (χ4n) is 1.08. The Labute approximate surface area is 87.0 Å². The third kappa shape index (κ3) is 2.77. The summed E-state index contributed by atoms with van der Waals surface area (Å²) in [6.07, 6.45) is 0. The molecule has 0 saturated heterocycles. The van der Waals surface area contributed by atoms with E-state index in [1.807, 2.05) is 0 Å². The maximum Gasteiger partial charge on any atom is 0.328 e. The van der Waals surface area contributed by atoms with Gasteiger partial charge in [0.15, 0.2) is 0 Å². The lowest BCUT2D eigenvalue weighted by molar-refractivity contribution is -0.141. The van der Waals surface area contributed by atoms with Crippen molar-refractivity contribution in [1.82, 2.24) is 0 Å². The van der Waals surface area contributed by atoms with E-state index in [4.69, 9.17) is 5.11 Å². The van der Waals surface area contributed by atoms with Crippen LogP contribution in [-0.2, 0) is 4.79 Å². The molecular formula is C10H13NO4. The molecule has 0 radical (unpaired) electrons. The van der Waals surface area contributed by atoms with E-state index in [2.05, 4.69) is 5.32 Å². The van der Waals surface area contributed by atoms with Crippen molar-refractivity contribution in [1.29, 1.82) is 0 Å². The lowest BCUT2D eigenvalue weighted by Gasteiger charge is -2.22. The van der Waals surface area contributed by atoms with Gasteiger partial charge in [-0.3, -0.25) is 0 Å². The highest BCUT2D eigenvalue weighted by Crippen LogP contribution is 2.26. The summed E-state index contributed by atoms with van der Waals surface area (Å²) in [5, 5.41) is 29.9. The summed E-state index contributed by atoms with van der Waals surface area (Å²) in [7, 11) is 0. The maximum atomic E-state index is 10.8. The number of phenols is 2. The van der Waals surface area contributed by atoms with E-state index in [0.717, 1.165) is 0 Å². The Morgan fingerprint density at radius 1 is 1.20 bits per heavy atom. The van der Waals surface area contributed by atoms with Crippen molar-refractivity contribution in [2.75, 3.05) is 5.32 Å². The number of aliphatic carboxylic acids is 1. The number of carboxylic acid groups (broad SMARTS) is 1. The molecule has 0 unspecified atom stereocenters. The van der Waals surface area contributed by atoms with Gasteiger partial charge < -0.3 is 20.6 Å². The maximum absolute atomic E-state index is 10.8. The number of carboxylic acids is 1. The van der Waals surface area contributed by atoms with E-state index in [9.17, 15) is 15.0 Å². The molecule has 0 amide bonds. The first-order chi connectivity index (χ1) is 6.81. The summed E-state index contributed by atoms with van der Waals surface area (Å²) in [5.41, 5.74) is -0.819. The highest BCUT2D eigenvalue weighted by atomic mass is 16.4. The van der Waals surface area contributed by atoms with Gasteiger partial charge in [0.05, 0.1) is 0 Å².